The summed E-state index contributed by atoms with van der Waals surface area (Å²) in [6.45, 7) is 0. The van der Waals surface area contributed by atoms with E-state index in [2.05, 4.69) is 0 Å². The summed E-state index contributed by atoms with van der Waals surface area (Å²) >= 11 is 0. The molecule has 3 heteroatoms. The zero-order chi connectivity index (χ0) is 14.1. The summed E-state index contributed by atoms with van der Waals surface area (Å²) in [5, 5.41) is 0. The van der Waals surface area contributed by atoms with Crippen molar-refractivity contribution in [3.8, 4) is 0 Å². The van der Waals surface area contributed by atoms with Gasteiger partial charge in [-0.3, -0.25) is 0 Å². The van der Waals surface area contributed by atoms with E-state index in [4.69, 9.17) is 5.73 Å². The van der Waals surface area contributed by atoms with Gasteiger partial charge in [0.1, 0.15) is 11.6 Å². The van der Waals surface area contributed by atoms with Crippen LogP contribution in [0.4, 0.5) is 8.78 Å². The molecule has 0 saturated heterocycles. The number of hydrogen-bond donors (Lipinski definition) is 1. The van der Waals surface area contributed by atoms with Crippen molar-refractivity contribution in [1.82, 2.24) is 0 Å². The van der Waals surface area contributed by atoms with Crippen LogP contribution in [0.1, 0.15) is 56.6 Å². The van der Waals surface area contributed by atoms with Crippen LogP contribution in [-0.2, 0) is 0 Å². The van der Waals surface area contributed by atoms with Gasteiger partial charge in [-0.05, 0) is 49.1 Å². The fraction of sp³-hybridized carbons (Fsp3) is 0.647. The molecule has 1 aromatic rings. The summed E-state index contributed by atoms with van der Waals surface area (Å²) in [5.74, 6) is 0.785. The molecule has 0 bridgehead atoms. The highest BCUT2D eigenvalue weighted by atomic mass is 19.1. The zero-order valence-electron chi connectivity index (χ0n) is 11.8. The fourth-order valence-electron chi connectivity index (χ4n) is 4.30. The van der Waals surface area contributed by atoms with Crippen molar-refractivity contribution in [3.63, 3.8) is 0 Å². The summed E-state index contributed by atoms with van der Waals surface area (Å²) < 4.78 is 27.7. The van der Waals surface area contributed by atoms with Crippen molar-refractivity contribution < 1.29 is 8.78 Å². The highest BCUT2D eigenvalue weighted by molar-refractivity contribution is 5.24. The lowest BCUT2D eigenvalue weighted by atomic mass is 9.65. The normalized spacial score (nSPS) is 31.6. The predicted molar refractivity (Wildman–Crippen MR) is 76.1 cm³/mol. The molecule has 0 amide bonds. The molecule has 4 unspecified atom stereocenters. The van der Waals surface area contributed by atoms with Gasteiger partial charge in [0, 0.05) is 11.6 Å². The van der Waals surface area contributed by atoms with E-state index in [0.717, 1.165) is 24.7 Å². The van der Waals surface area contributed by atoms with E-state index in [-0.39, 0.29) is 11.5 Å². The highest BCUT2D eigenvalue weighted by Gasteiger charge is 2.36. The molecular formula is C17H23F2N. The van der Waals surface area contributed by atoms with Gasteiger partial charge in [0.05, 0.1) is 0 Å². The monoisotopic (exact) mass is 279 g/mol. The number of fused-ring (bicyclic) bond motifs is 1. The van der Waals surface area contributed by atoms with Crippen molar-refractivity contribution in [2.24, 2.45) is 23.5 Å². The first-order valence-electron chi connectivity index (χ1n) is 7.86. The van der Waals surface area contributed by atoms with Crippen LogP contribution in [0.25, 0.3) is 0 Å². The first-order chi connectivity index (χ1) is 9.66. The van der Waals surface area contributed by atoms with Crippen LogP contribution in [0.3, 0.4) is 0 Å². The quantitative estimate of drug-likeness (QED) is 0.843. The van der Waals surface area contributed by atoms with E-state index in [1.807, 2.05) is 0 Å². The third kappa shape index (κ3) is 2.60. The average Bonchev–Trinajstić information content (AvgIpc) is 2.46. The Labute approximate surface area is 119 Å². The van der Waals surface area contributed by atoms with Gasteiger partial charge in [0.15, 0.2) is 0 Å². The Morgan fingerprint density at radius 3 is 2.30 bits per heavy atom. The van der Waals surface area contributed by atoms with E-state index in [9.17, 15) is 8.78 Å². The van der Waals surface area contributed by atoms with Crippen molar-refractivity contribution in [2.75, 3.05) is 0 Å². The molecule has 2 aliphatic rings. The van der Waals surface area contributed by atoms with Gasteiger partial charge in [-0.25, -0.2) is 8.78 Å². The Balaban J connectivity index is 1.76. The molecule has 0 heterocycles. The summed E-state index contributed by atoms with van der Waals surface area (Å²) in [5.41, 5.74) is 6.30. The Kier molecular flexibility index (Phi) is 4.06. The number of nitrogens with two attached hydrogens (primary N) is 1. The van der Waals surface area contributed by atoms with Gasteiger partial charge < -0.3 is 5.73 Å². The Morgan fingerprint density at radius 1 is 0.950 bits per heavy atom. The maximum atomic E-state index is 13.9. The zero-order valence-corrected chi connectivity index (χ0v) is 11.8. The lowest BCUT2D eigenvalue weighted by Gasteiger charge is -2.41. The average molecular weight is 279 g/mol. The Hall–Kier alpha value is -0.960. The second-order valence-corrected chi connectivity index (χ2v) is 6.54. The van der Waals surface area contributed by atoms with E-state index in [1.54, 1.807) is 0 Å². The van der Waals surface area contributed by atoms with Crippen molar-refractivity contribution in [2.45, 2.75) is 51.0 Å². The van der Waals surface area contributed by atoms with E-state index < -0.39 is 17.7 Å². The second kappa shape index (κ2) is 5.80. The van der Waals surface area contributed by atoms with Crippen LogP contribution in [0.15, 0.2) is 18.2 Å². The maximum absolute atomic E-state index is 13.9. The van der Waals surface area contributed by atoms with Gasteiger partial charge in [0.25, 0.3) is 0 Å². The standard InChI is InChI=1S/C17H23F2N/c18-14-6-3-7-15(19)16(14)17(20)13-9-8-11-4-1-2-5-12(11)10-13/h3,6-7,11-13,17H,1-2,4-5,8-10,20H2. The molecule has 0 aliphatic heterocycles. The molecule has 110 valence electrons. The molecule has 0 aromatic heterocycles. The molecule has 0 radical (unpaired) electrons. The van der Waals surface area contributed by atoms with Gasteiger partial charge in [-0.15, -0.1) is 0 Å². The smallest absolute Gasteiger partial charge is 0.130 e. The van der Waals surface area contributed by atoms with Crippen molar-refractivity contribution in [1.29, 1.82) is 0 Å². The second-order valence-electron chi connectivity index (χ2n) is 6.54. The first kappa shape index (κ1) is 14.0. The third-order valence-electron chi connectivity index (χ3n) is 5.42. The van der Waals surface area contributed by atoms with Gasteiger partial charge in [0.2, 0.25) is 0 Å². The Morgan fingerprint density at radius 2 is 1.60 bits per heavy atom. The molecule has 3 rings (SSSR count). The molecule has 2 aliphatic carbocycles. The third-order valence-corrected chi connectivity index (χ3v) is 5.42. The van der Waals surface area contributed by atoms with E-state index in [1.165, 1.54) is 50.3 Å². The van der Waals surface area contributed by atoms with Crippen LogP contribution >= 0.6 is 0 Å². The number of benzene rings is 1. The van der Waals surface area contributed by atoms with Crippen LogP contribution < -0.4 is 5.73 Å². The van der Waals surface area contributed by atoms with Crippen LogP contribution in [-0.4, -0.2) is 0 Å². The molecule has 20 heavy (non-hydrogen) atoms. The summed E-state index contributed by atoms with van der Waals surface area (Å²) in [6, 6.07) is 3.52. The first-order valence-corrected chi connectivity index (χ1v) is 7.86. The fourth-order valence-corrected chi connectivity index (χ4v) is 4.30. The molecule has 2 N–H and O–H groups in total. The van der Waals surface area contributed by atoms with Gasteiger partial charge in [-0.1, -0.05) is 31.7 Å². The molecule has 1 nitrogen and oxygen atoms in total. The van der Waals surface area contributed by atoms with E-state index >= 15 is 0 Å². The Bertz CT molecular complexity index is 454. The summed E-state index contributed by atoms with van der Waals surface area (Å²) in [6.07, 6.45) is 8.49. The maximum Gasteiger partial charge on any atom is 0.130 e. The highest BCUT2D eigenvalue weighted by Crippen LogP contribution is 2.46. The minimum Gasteiger partial charge on any atom is -0.324 e. The number of rotatable bonds is 2. The molecule has 1 aromatic carbocycles. The lowest BCUT2D eigenvalue weighted by molar-refractivity contribution is 0.116. The SMILES string of the molecule is NC(c1c(F)cccc1F)C1CCC2CCCCC2C1. The van der Waals surface area contributed by atoms with Crippen LogP contribution in [0, 0.1) is 29.4 Å². The van der Waals surface area contributed by atoms with Crippen molar-refractivity contribution >= 4 is 0 Å². The number of hydrogen-bond acceptors (Lipinski definition) is 1. The van der Waals surface area contributed by atoms with Crippen molar-refractivity contribution in [3.05, 3.63) is 35.4 Å². The molecule has 2 saturated carbocycles. The molecule has 2 fully saturated rings. The largest absolute Gasteiger partial charge is 0.324 e. The lowest BCUT2D eigenvalue weighted by Crippen LogP contribution is -2.33. The van der Waals surface area contributed by atoms with Gasteiger partial charge in [-0.2, -0.15) is 0 Å². The van der Waals surface area contributed by atoms with E-state index in [0.29, 0.717) is 0 Å². The molecular weight excluding hydrogens is 256 g/mol. The van der Waals surface area contributed by atoms with Crippen LogP contribution in [0.5, 0.6) is 0 Å². The van der Waals surface area contributed by atoms with Crippen LogP contribution in [0.2, 0.25) is 0 Å². The summed E-state index contributed by atoms with van der Waals surface area (Å²) in [7, 11) is 0. The number of halogens is 2. The van der Waals surface area contributed by atoms with Gasteiger partial charge >= 0.3 is 0 Å². The minimum absolute atomic E-state index is 0.0896. The minimum atomic E-state index is -0.501. The topological polar surface area (TPSA) is 26.0 Å². The predicted octanol–water partition coefficient (Wildman–Crippen LogP) is 4.57. The molecule has 0 spiro atoms. The molecule has 4 atom stereocenters. The summed E-state index contributed by atoms with van der Waals surface area (Å²) in [4.78, 5) is 0.